The monoisotopic (exact) mass is 588 g/mol. The third kappa shape index (κ3) is 7.05. The number of carboxylic acids is 2. The summed E-state index contributed by atoms with van der Waals surface area (Å²) in [4.78, 5) is 61.7. The number of aromatic carboxylic acids is 2. The highest BCUT2D eigenvalue weighted by Crippen LogP contribution is 2.27. The summed E-state index contributed by atoms with van der Waals surface area (Å²) < 4.78 is 5.76. The van der Waals surface area contributed by atoms with E-state index in [-0.39, 0.29) is 23.4 Å². The van der Waals surface area contributed by atoms with Gasteiger partial charge < -0.3 is 20.3 Å². The predicted molar refractivity (Wildman–Crippen MR) is 149 cm³/mol. The molecule has 0 spiro atoms. The summed E-state index contributed by atoms with van der Waals surface area (Å²) in [6.45, 7) is -0.261. The fourth-order valence-electron chi connectivity index (χ4n) is 3.94. The summed E-state index contributed by atoms with van der Waals surface area (Å²) in [5.41, 5.74) is 0.711. The van der Waals surface area contributed by atoms with Gasteiger partial charge in [-0.2, -0.15) is 0 Å². The van der Waals surface area contributed by atoms with E-state index in [4.69, 9.17) is 9.57 Å². The van der Waals surface area contributed by atoms with E-state index < -0.39 is 50.2 Å². The van der Waals surface area contributed by atoms with Crippen molar-refractivity contribution in [1.82, 2.24) is 0 Å². The molecule has 0 radical (unpaired) electrons. The number of anilines is 2. The lowest BCUT2D eigenvalue weighted by Crippen LogP contribution is -2.17. The first-order valence-corrected chi connectivity index (χ1v) is 12.1. The Morgan fingerprint density at radius 3 is 1.74 bits per heavy atom. The highest BCUT2D eigenvalue weighted by Gasteiger charge is 2.27. The molecule has 1 amide bonds. The lowest BCUT2D eigenvalue weighted by atomic mass is 10.0. The molecular formula is C28H20N4O11. The van der Waals surface area contributed by atoms with Gasteiger partial charge in [0.15, 0.2) is 0 Å². The second kappa shape index (κ2) is 12.9. The maximum Gasteiger partial charge on any atom is 0.343 e. The number of rotatable bonds is 12. The first kappa shape index (κ1) is 29.6. The number of nitrogens with one attached hydrogen (secondary N) is 2. The van der Waals surface area contributed by atoms with E-state index in [1.54, 1.807) is 24.3 Å². The van der Waals surface area contributed by atoms with Crippen molar-refractivity contribution in [1.29, 1.82) is 0 Å². The van der Waals surface area contributed by atoms with E-state index >= 15 is 0 Å². The minimum atomic E-state index is -1.61. The maximum absolute atomic E-state index is 12.7. The van der Waals surface area contributed by atoms with Crippen molar-refractivity contribution >= 4 is 40.6 Å². The smallest absolute Gasteiger partial charge is 0.343 e. The van der Waals surface area contributed by atoms with Gasteiger partial charge in [0.05, 0.1) is 21.1 Å². The summed E-state index contributed by atoms with van der Waals surface area (Å²) in [6.07, 6.45) is 0. The average Bonchev–Trinajstić information content (AvgIpc) is 2.98. The molecule has 218 valence electrons. The van der Waals surface area contributed by atoms with Crippen LogP contribution in [0.1, 0.15) is 36.6 Å². The van der Waals surface area contributed by atoms with Crippen LogP contribution in [0.3, 0.4) is 0 Å². The van der Waals surface area contributed by atoms with Crippen molar-refractivity contribution in [3.63, 3.8) is 0 Å². The molecule has 4 rings (SSSR count). The lowest BCUT2D eigenvalue weighted by molar-refractivity contribution is -0.385. The highest BCUT2D eigenvalue weighted by molar-refractivity contribution is 6.12. The standard InChI is InChI=1S/C28H20N4O11/c33-26(21-4-2-6-23(32(40)41)25(21)28(36)37)29-17-7-11-19(12-8-17)43-20-13-9-18(10-14-20)30-42-15-16-3-1-5-22(31(38)39)24(16)27(34)35/h1-14,30H,15H2,(H,29,33)(H,34,35)(H,36,37). The van der Waals surface area contributed by atoms with Gasteiger partial charge in [0.2, 0.25) is 0 Å². The number of carbonyl (C=O) groups excluding carboxylic acids is 1. The second-order valence-electron chi connectivity index (χ2n) is 8.63. The molecule has 43 heavy (non-hydrogen) atoms. The van der Waals surface area contributed by atoms with E-state index in [2.05, 4.69) is 10.8 Å². The number of carboxylic acid groups (broad SMARTS) is 2. The molecule has 15 nitrogen and oxygen atoms in total. The molecule has 0 unspecified atom stereocenters. The molecule has 15 heteroatoms. The molecule has 0 aliphatic rings. The molecule has 4 N–H and O–H groups in total. The predicted octanol–water partition coefficient (Wildman–Crippen LogP) is 5.49. The Hall–Kier alpha value is -6.35. The number of ether oxygens (including phenoxy) is 1. The average molecular weight is 588 g/mol. The molecule has 0 fully saturated rings. The normalized spacial score (nSPS) is 10.4. The van der Waals surface area contributed by atoms with Crippen LogP contribution in [0.15, 0.2) is 84.9 Å². The van der Waals surface area contributed by atoms with Gasteiger partial charge in [-0.15, -0.1) is 0 Å². The number of nitro benzene ring substituents is 2. The van der Waals surface area contributed by atoms with Gasteiger partial charge in [-0.05, 0) is 54.6 Å². The molecule has 0 saturated carbocycles. The fourth-order valence-corrected chi connectivity index (χ4v) is 3.94. The molecule has 0 aliphatic heterocycles. The SMILES string of the molecule is O=C(Nc1ccc(Oc2ccc(NOCc3cccc([N+](=O)[O-])c3C(=O)O)cc2)cc1)c1cccc([N+](=O)[O-])c1C(=O)O. The Labute approximate surface area is 241 Å². The van der Waals surface area contributed by atoms with Crippen molar-refractivity contribution in [2.75, 3.05) is 10.8 Å². The number of benzene rings is 4. The number of hydrogen-bond acceptors (Lipinski definition) is 10. The summed E-state index contributed by atoms with van der Waals surface area (Å²) in [5.74, 6) is -3.08. The van der Waals surface area contributed by atoms with Crippen LogP contribution in [0.2, 0.25) is 0 Å². The number of amides is 1. The molecule has 4 aromatic rings. The molecule has 0 atom stereocenters. The first-order chi connectivity index (χ1) is 20.5. The van der Waals surface area contributed by atoms with Gasteiger partial charge in [0.25, 0.3) is 17.3 Å². The van der Waals surface area contributed by atoms with Crippen molar-refractivity contribution in [3.8, 4) is 11.5 Å². The Kier molecular flexibility index (Phi) is 8.87. The van der Waals surface area contributed by atoms with Crippen LogP contribution in [0.4, 0.5) is 22.7 Å². The van der Waals surface area contributed by atoms with Gasteiger partial charge in [0.1, 0.15) is 29.2 Å². The molecule has 0 bridgehead atoms. The van der Waals surface area contributed by atoms with Crippen molar-refractivity contribution < 1.29 is 44.0 Å². The second-order valence-corrected chi connectivity index (χ2v) is 8.63. The van der Waals surface area contributed by atoms with E-state index in [9.17, 15) is 44.8 Å². The van der Waals surface area contributed by atoms with Gasteiger partial charge in [-0.1, -0.05) is 18.2 Å². The van der Waals surface area contributed by atoms with E-state index in [0.29, 0.717) is 17.2 Å². The van der Waals surface area contributed by atoms with Gasteiger partial charge in [0, 0.05) is 23.4 Å². The van der Waals surface area contributed by atoms with Crippen LogP contribution in [0.25, 0.3) is 0 Å². The molecule has 0 aliphatic carbocycles. The van der Waals surface area contributed by atoms with Crippen LogP contribution >= 0.6 is 0 Å². The van der Waals surface area contributed by atoms with Crippen molar-refractivity contribution in [3.05, 3.63) is 127 Å². The van der Waals surface area contributed by atoms with Crippen LogP contribution in [-0.2, 0) is 11.4 Å². The van der Waals surface area contributed by atoms with E-state index in [1.807, 2.05) is 0 Å². The van der Waals surface area contributed by atoms with Crippen molar-refractivity contribution in [2.24, 2.45) is 0 Å². The molecule has 4 aromatic carbocycles. The maximum atomic E-state index is 12.7. The topological polar surface area (TPSA) is 220 Å². The third-order valence-electron chi connectivity index (χ3n) is 5.86. The Morgan fingerprint density at radius 1 is 0.698 bits per heavy atom. The van der Waals surface area contributed by atoms with Gasteiger partial charge >= 0.3 is 11.9 Å². The fraction of sp³-hybridized carbons (Fsp3) is 0.0357. The Bertz CT molecular complexity index is 1720. The van der Waals surface area contributed by atoms with Crippen molar-refractivity contribution in [2.45, 2.75) is 6.61 Å². The quantitative estimate of drug-likeness (QED) is 0.119. The van der Waals surface area contributed by atoms with Crippen LogP contribution < -0.4 is 15.5 Å². The number of hydrogen-bond donors (Lipinski definition) is 4. The van der Waals surface area contributed by atoms with Crippen LogP contribution in [0, 0.1) is 20.2 Å². The largest absolute Gasteiger partial charge is 0.477 e. The first-order valence-electron chi connectivity index (χ1n) is 12.1. The van der Waals surface area contributed by atoms with Crippen LogP contribution in [-0.4, -0.2) is 37.9 Å². The zero-order valence-electron chi connectivity index (χ0n) is 21.8. The minimum absolute atomic E-state index is 0.112. The Balaban J connectivity index is 1.35. The molecular weight excluding hydrogens is 568 g/mol. The summed E-state index contributed by atoms with van der Waals surface area (Å²) >= 11 is 0. The summed E-state index contributed by atoms with van der Waals surface area (Å²) in [7, 11) is 0. The van der Waals surface area contributed by atoms with E-state index in [0.717, 1.165) is 12.1 Å². The number of nitro groups is 2. The molecule has 0 aromatic heterocycles. The summed E-state index contributed by atoms with van der Waals surface area (Å²) in [6, 6.07) is 19.7. The summed E-state index contributed by atoms with van der Waals surface area (Å²) in [5, 5.41) is 43.6. The van der Waals surface area contributed by atoms with Gasteiger partial charge in [-0.3, -0.25) is 35.3 Å². The highest BCUT2D eigenvalue weighted by atomic mass is 16.6. The zero-order chi connectivity index (χ0) is 31.1. The lowest BCUT2D eigenvalue weighted by Gasteiger charge is -2.11. The third-order valence-corrected chi connectivity index (χ3v) is 5.86. The molecule has 0 heterocycles. The molecule has 0 saturated heterocycles. The van der Waals surface area contributed by atoms with E-state index in [1.165, 1.54) is 48.5 Å². The van der Waals surface area contributed by atoms with Crippen LogP contribution in [0.5, 0.6) is 11.5 Å². The Morgan fingerprint density at radius 2 is 1.21 bits per heavy atom. The number of nitrogens with zero attached hydrogens (tertiary/aromatic N) is 2. The number of carbonyl (C=O) groups is 3. The zero-order valence-corrected chi connectivity index (χ0v) is 21.8. The minimum Gasteiger partial charge on any atom is -0.477 e. The van der Waals surface area contributed by atoms with Gasteiger partial charge in [-0.25, -0.2) is 9.59 Å².